The number of hydrogen-bond acceptors (Lipinski definition) is 6. The zero-order valence-electron chi connectivity index (χ0n) is 16.5. The number of ether oxygens (including phenoxy) is 1. The van der Waals surface area contributed by atoms with Crippen LogP contribution in [-0.2, 0) is 6.54 Å². The quantitative estimate of drug-likeness (QED) is 0.626. The van der Waals surface area contributed by atoms with Gasteiger partial charge in [-0.3, -0.25) is 9.48 Å². The number of rotatable bonds is 8. The van der Waals surface area contributed by atoms with Crippen LogP contribution in [0.4, 0.5) is 5.69 Å². The van der Waals surface area contributed by atoms with Gasteiger partial charge in [0.15, 0.2) is 0 Å². The lowest BCUT2D eigenvalue weighted by atomic mass is 10.2. The van der Waals surface area contributed by atoms with Crippen molar-refractivity contribution in [1.29, 1.82) is 0 Å². The molecule has 0 atom stereocenters. The lowest BCUT2D eigenvalue weighted by molar-refractivity contribution is 0.102. The Morgan fingerprint density at radius 1 is 1.29 bits per heavy atom. The number of carbonyl (C=O) groups is 1. The molecule has 0 spiro atoms. The van der Waals surface area contributed by atoms with Gasteiger partial charge < -0.3 is 15.0 Å². The molecule has 1 amide bonds. The van der Waals surface area contributed by atoms with E-state index in [-0.39, 0.29) is 12.0 Å². The molecular weight excluding hydrogens is 374 g/mol. The molecule has 2 heterocycles. The summed E-state index contributed by atoms with van der Waals surface area (Å²) < 4.78 is 7.46. The molecule has 0 aliphatic carbocycles. The topological polar surface area (TPSA) is 72.3 Å². The second kappa shape index (κ2) is 8.99. The van der Waals surface area contributed by atoms with Gasteiger partial charge in [0.1, 0.15) is 16.5 Å². The van der Waals surface area contributed by atoms with E-state index in [9.17, 15) is 4.79 Å². The van der Waals surface area contributed by atoms with Gasteiger partial charge in [0.25, 0.3) is 5.91 Å². The fourth-order valence-electron chi connectivity index (χ4n) is 2.51. The number of hydrogen-bond donors (Lipinski definition) is 1. The van der Waals surface area contributed by atoms with E-state index in [1.165, 1.54) is 11.3 Å². The molecule has 7 nitrogen and oxygen atoms in total. The van der Waals surface area contributed by atoms with Crippen molar-refractivity contribution in [2.75, 3.05) is 26.0 Å². The number of thiazole rings is 1. The molecule has 0 radical (unpaired) electrons. The van der Waals surface area contributed by atoms with Gasteiger partial charge in [-0.15, -0.1) is 11.3 Å². The van der Waals surface area contributed by atoms with Crippen molar-refractivity contribution in [1.82, 2.24) is 19.7 Å². The van der Waals surface area contributed by atoms with Crippen LogP contribution < -0.4 is 10.1 Å². The number of benzene rings is 1. The lowest BCUT2D eigenvalue weighted by Crippen LogP contribution is -2.18. The van der Waals surface area contributed by atoms with E-state index in [2.05, 4.69) is 20.3 Å². The third-order valence-electron chi connectivity index (χ3n) is 3.88. The van der Waals surface area contributed by atoms with Crippen LogP contribution in [0.3, 0.4) is 0 Å². The summed E-state index contributed by atoms with van der Waals surface area (Å²) in [6.07, 6.45) is 3.60. The van der Waals surface area contributed by atoms with E-state index in [0.29, 0.717) is 11.4 Å². The van der Waals surface area contributed by atoms with Crippen LogP contribution in [0.15, 0.2) is 42.0 Å². The highest BCUT2D eigenvalue weighted by molar-refractivity contribution is 7.13. The fraction of sp³-hybridized carbons (Fsp3) is 0.350. The first kappa shape index (κ1) is 20.0. The zero-order chi connectivity index (χ0) is 20.1. The Hall–Kier alpha value is -2.71. The number of likely N-dealkylation sites (N-methyl/N-ethyl adjacent to an activating group) is 1. The van der Waals surface area contributed by atoms with Crippen molar-refractivity contribution in [2.45, 2.75) is 26.5 Å². The van der Waals surface area contributed by atoms with Crippen LogP contribution in [0.25, 0.3) is 10.6 Å². The molecule has 0 bridgehead atoms. The molecule has 0 aliphatic rings. The summed E-state index contributed by atoms with van der Waals surface area (Å²) in [6, 6.07) is 7.73. The molecule has 1 aromatic carbocycles. The first-order valence-electron chi connectivity index (χ1n) is 9.12. The van der Waals surface area contributed by atoms with E-state index in [1.807, 2.05) is 63.1 Å². The SMILES string of the molecule is CC(C)Oc1ccc(-c2nc(C(=O)Nc3cnn(CCN(C)C)c3)cs2)cc1. The van der Waals surface area contributed by atoms with E-state index in [1.54, 1.807) is 11.6 Å². The average molecular weight is 400 g/mol. The van der Waals surface area contributed by atoms with Crippen LogP contribution in [0.1, 0.15) is 24.3 Å². The molecule has 8 heteroatoms. The summed E-state index contributed by atoms with van der Waals surface area (Å²) in [5, 5.41) is 9.67. The van der Waals surface area contributed by atoms with Crippen LogP contribution in [0.5, 0.6) is 5.75 Å². The number of amides is 1. The first-order chi connectivity index (χ1) is 13.4. The maximum absolute atomic E-state index is 12.5. The molecule has 1 N–H and O–H groups in total. The minimum absolute atomic E-state index is 0.133. The monoisotopic (exact) mass is 399 g/mol. The molecule has 2 aromatic heterocycles. The Morgan fingerprint density at radius 3 is 2.71 bits per heavy atom. The van der Waals surface area contributed by atoms with E-state index in [0.717, 1.165) is 29.4 Å². The third kappa shape index (κ3) is 5.40. The van der Waals surface area contributed by atoms with Crippen LogP contribution in [0, 0.1) is 0 Å². The summed E-state index contributed by atoms with van der Waals surface area (Å²) in [4.78, 5) is 19.0. The van der Waals surface area contributed by atoms with Gasteiger partial charge in [-0.05, 0) is 52.2 Å². The van der Waals surface area contributed by atoms with Crippen molar-refractivity contribution in [2.24, 2.45) is 0 Å². The number of aromatic nitrogens is 3. The molecule has 0 unspecified atom stereocenters. The van der Waals surface area contributed by atoms with Gasteiger partial charge in [-0.1, -0.05) is 0 Å². The van der Waals surface area contributed by atoms with Crippen molar-refractivity contribution in [3.63, 3.8) is 0 Å². The summed E-state index contributed by atoms with van der Waals surface area (Å²) in [5.74, 6) is 0.578. The number of carbonyl (C=O) groups excluding carboxylic acids is 1. The minimum atomic E-state index is -0.241. The number of nitrogens with zero attached hydrogens (tertiary/aromatic N) is 4. The second-order valence-electron chi connectivity index (χ2n) is 6.98. The van der Waals surface area contributed by atoms with Gasteiger partial charge in [0.2, 0.25) is 0 Å². The van der Waals surface area contributed by atoms with Crippen LogP contribution >= 0.6 is 11.3 Å². The van der Waals surface area contributed by atoms with E-state index >= 15 is 0 Å². The molecular formula is C20H25N5O2S. The fourth-order valence-corrected chi connectivity index (χ4v) is 3.31. The average Bonchev–Trinajstić information content (AvgIpc) is 3.30. The Bertz CT molecular complexity index is 915. The van der Waals surface area contributed by atoms with Crippen molar-refractivity contribution in [3.8, 4) is 16.3 Å². The molecule has 3 aromatic rings. The summed E-state index contributed by atoms with van der Waals surface area (Å²) >= 11 is 1.44. The maximum Gasteiger partial charge on any atom is 0.275 e. The van der Waals surface area contributed by atoms with Gasteiger partial charge in [-0.2, -0.15) is 5.10 Å². The van der Waals surface area contributed by atoms with Crippen LogP contribution in [-0.4, -0.2) is 52.3 Å². The predicted octanol–water partition coefficient (Wildman–Crippen LogP) is 3.61. The first-order valence-corrected chi connectivity index (χ1v) is 10.00. The van der Waals surface area contributed by atoms with E-state index < -0.39 is 0 Å². The number of nitrogens with one attached hydrogen (secondary N) is 1. The maximum atomic E-state index is 12.5. The Balaban J connectivity index is 1.62. The normalized spacial score (nSPS) is 11.2. The lowest BCUT2D eigenvalue weighted by Gasteiger charge is -2.09. The molecule has 0 fully saturated rings. The highest BCUT2D eigenvalue weighted by Crippen LogP contribution is 2.26. The van der Waals surface area contributed by atoms with Crippen LogP contribution in [0.2, 0.25) is 0 Å². The molecule has 0 aliphatic heterocycles. The zero-order valence-corrected chi connectivity index (χ0v) is 17.4. The third-order valence-corrected chi connectivity index (χ3v) is 4.77. The minimum Gasteiger partial charge on any atom is -0.491 e. The molecule has 28 heavy (non-hydrogen) atoms. The van der Waals surface area contributed by atoms with Gasteiger partial charge in [0.05, 0.1) is 24.5 Å². The molecule has 148 valence electrons. The summed E-state index contributed by atoms with van der Waals surface area (Å²) in [6.45, 7) is 5.63. The van der Waals surface area contributed by atoms with Gasteiger partial charge in [-0.25, -0.2) is 4.98 Å². The van der Waals surface area contributed by atoms with E-state index in [4.69, 9.17) is 4.74 Å². The predicted molar refractivity (Wildman–Crippen MR) is 112 cm³/mol. The molecule has 0 saturated carbocycles. The number of anilines is 1. The largest absolute Gasteiger partial charge is 0.491 e. The Kier molecular flexibility index (Phi) is 6.43. The van der Waals surface area contributed by atoms with Crippen molar-refractivity contribution in [3.05, 3.63) is 47.7 Å². The Morgan fingerprint density at radius 2 is 2.04 bits per heavy atom. The summed E-state index contributed by atoms with van der Waals surface area (Å²) in [5.41, 5.74) is 2.01. The summed E-state index contributed by atoms with van der Waals surface area (Å²) in [7, 11) is 4.02. The van der Waals surface area contributed by atoms with Gasteiger partial charge in [0, 0.05) is 23.7 Å². The second-order valence-corrected chi connectivity index (χ2v) is 7.84. The Labute approximate surface area is 169 Å². The van der Waals surface area contributed by atoms with Crippen molar-refractivity contribution < 1.29 is 9.53 Å². The smallest absolute Gasteiger partial charge is 0.275 e. The molecule has 3 rings (SSSR count). The highest BCUT2D eigenvalue weighted by atomic mass is 32.1. The molecule has 0 saturated heterocycles. The van der Waals surface area contributed by atoms with Gasteiger partial charge >= 0.3 is 0 Å². The van der Waals surface area contributed by atoms with Crippen molar-refractivity contribution >= 4 is 22.9 Å². The standard InChI is InChI=1S/C20H25N5O2S/c1-14(2)27-17-7-5-15(6-8-17)20-23-18(13-28-20)19(26)22-16-11-21-25(12-16)10-9-24(3)4/h5-8,11-14H,9-10H2,1-4H3,(H,22,26). The highest BCUT2D eigenvalue weighted by Gasteiger charge is 2.13.